The first-order chi connectivity index (χ1) is 7.05. The summed E-state index contributed by atoms with van der Waals surface area (Å²) in [7, 11) is 1.60. The monoisotopic (exact) mass is 215 g/mol. The molecule has 1 rings (SSSR count). The van der Waals surface area contributed by atoms with Crippen LogP contribution in [0.1, 0.15) is 32.6 Å². The molecule has 4 nitrogen and oxygen atoms in total. The Balaban J connectivity index is 2.40. The number of aliphatic hydroxyl groups is 1. The van der Waals surface area contributed by atoms with E-state index >= 15 is 0 Å². The Labute approximate surface area is 91.2 Å². The molecule has 0 aromatic carbocycles. The molecule has 0 spiro atoms. The maximum Gasteiger partial charge on any atom is 0.224 e. The molecule has 1 N–H and O–H groups in total. The standard InChI is InChI=1S/C11H21NO3/c1-11(14)5-3-7-12(8-6-11)10(13)4-9-15-2/h14H,3-9H2,1-2H3. The largest absolute Gasteiger partial charge is 0.390 e. The molecule has 15 heavy (non-hydrogen) atoms. The number of methoxy groups -OCH3 is 1. The highest BCUT2D eigenvalue weighted by atomic mass is 16.5. The average Bonchev–Trinajstić information content (AvgIpc) is 2.36. The second kappa shape index (κ2) is 5.47. The molecule has 0 radical (unpaired) electrons. The third-order valence-electron chi connectivity index (χ3n) is 2.94. The molecule has 0 aliphatic carbocycles. The maximum atomic E-state index is 11.7. The number of rotatable bonds is 3. The number of hydrogen-bond acceptors (Lipinski definition) is 3. The van der Waals surface area contributed by atoms with E-state index in [1.165, 1.54) is 0 Å². The van der Waals surface area contributed by atoms with Crippen molar-refractivity contribution in [2.45, 2.75) is 38.2 Å². The van der Waals surface area contributed by atoms with E-state index in [-0.39, 0.29) is 5.91 Å². The number of ether oxygens (including phenoxy) is 1. The Kier molecular flexibility index (Phi) is 4.54. The summed E-state index contributed by atoms with van der Waals surface area (Å²) >= 11 is 0. The Morgan fingerprint density at radius 1 is 1.47 bits per heavy atom. The fraction of sp³-hybridized carbons (Fsp3) is 0.909. The number of hydrogen-bond donors (Lipinski definition) is 1. The van der Waals surface area contributed by atoms with Crippen molar-refractivity contribution in [1.29, 1.82) is 0 Å². The normalized spacial score (nSPS) is 27.5. The lowest BCUT2D eigenvalue weighted by Gasteiger charge is -2.22. The predicted octanol–water partition coefficient (Wildman–Crippen LogP) is 0.786. The van der Waals surface area contributed by atoms with Crippen molar-refractivity contribution in [3.8, 4) is 0 Å². The van der Waals surface area contributed by atoms with Gasteiger partial charge in [0.2, 0.25) is 5.91 Å². The molecule has 88 valence electrons. The van der Waals surface area contributed by atoms with Gasteiger partial charge in [-0.05, 0) is 26.2 Å². The van der Waals surface area contributed by atoms with Gasteiger partial charge in [0.25, 0.3) is 0 Å². The molecular formula is C11H21NO3. The van der Waals surface area contributed by atoms with E-state index in [1.807, 2.05) is 11.8 Å². The van der Waals surface area contributed by atoms with Crippen molar-refractivity contribution >= 4 is 5.91 Å². The number of amides is 1. The fourth-order valence-electron chi connectivity index (χ4n) is 1.86. The maximum absolute atomic E-state index is 11.7. The van der Waals surface area contributed by atoms with Crippen molar-refractivity contribution in [2.24, 2.45) is 0 Å². The van der Waals surface area contributed by atoms with Crippen LogP contribution in [0.25, 0.3) is 0 Å². The van der Waals surface area contributed by atoms with Crippen LogP contribution in [0.3, 0.4) is 0 Å². The lowest BCUT2D eigenvalue weighted by molar-refractivity contribution is -0.132. The average molecular weight is 215 g/mol. The zero-order valence-electron chi connectivity index (χ0n) is 9.66. The highest BCUT2D eigenvalue weighted by Crippen LogP contribution is 2.21. The van der Waals surface area contributed by atoms with Crippen LogP contribution in [0.5, 0.6) is 0 Å². The van der Waals surface area contributed by atoms with Gasteiger partial charge in [0.05, 0.1) is 18.6 Å². The van der Waals surface area contributed by atoms with Gasteiger partial charge in [0, 0.05) is 20.2 Å². The quantitative estimate of drug-likeness (QED) is 0.757. The van der Waals surface area contributed by atoms with Crippen molar-refractivity contribution < 1.29 is 14.6 Å². The van der Waals surface area contributed by atoms with E-state index in [9.17, 15) is 9.90 Å². The second-order valence-corrected chi connectivity index (χ2v) is 4.47. The van der Waals surface area contributed by atoms with Crippen LogP contribution in [0.2, 0.25) is 0 Å². The van der Waals surface area contributed by atoms with E-state index in [0.29, 0.717) is 26.0 Å². The fourth-order valence-corrected chi connectivity index (χ4v) is 1.86. The molecule has 1 aliphatic rings. The zero-order valence-corrected chi connectivity index (χ0v) is 9.66. The topological polar surface area (TPSA) is 49.8 Å². The number of likely N-dealkylation sites (tertiary alicyclic amines) is 1. The molecule has 0 saturated carbocycles. The Bertz CT molecular complexity index is 216. The van der Waals surface area contributed by atoms with Crippen LogP contribution < -0.4 is 0 Å². The summed E-state index contributed by atoms with van der Waals surface area (Å²) < 4.78 is 4.88. The summed E-state index contributed by atoms with van der Waals surface area (Å²) in [5.74, 6) is 0.134. The minimum Gasteiger partial charge on any atom is -0.390 e. The van der Waals surface area contributed by atoms with Crippen molar-refractivity contribution in [1.82, 2.24) is 4.90 Å². The first-order valence-electron chi connectivity index (χ1n) is 5.54. The second-order valence-electron chi connectivity index (χ2n) is 4.47. The van der Waals surface area contributed by atoms with E-state index in [0.717, 1.165) is 19.4 Å². The van der Waals surface area contributed by atoms with Gasteiger partial charge in [-0.25, -0.2) is 0 Å². The molecular weight excluding hydrogens is 194 g/mol. The predicted molar refractivity (Wildman–Crippen MR) is 57.5 cm³/mol. The van der Waals surface area contributed by atoms with Gasteiger partial charge < -0.3 is 14.7 Å². The van der Waals surface area contributed by atoms with E-state index < -0.39 is 5.60 Å². The molecule has 0 aromatic rings. The Morgan fingerprint density at radius 3 is 2.87 bits per heavy atom. The molecule has 1 atom stereocenters. The van der Waals surface area contributed by atoms with Crippen LogP contribution in [-0.2, 0) is 9.53 Å². The SMILES string of the molecule is COCCC(=O)N1CCCC(C)(O)CC1. The van der Waals surface area contributed by atoms with Gasteiger partial charge in [-0.1, -0.05) is 0 Å². The number of carbonyl (C=O) groups is 1. The summed E-state index contributed by atoms with van der Waals surface area (Å²) in [6, 6.07) is 0. The van der Waals surface area contributed by atoms with Gasteiger partial charge in [-0.3, -0.25) is 4.79 Å². The molecule has 0 aromatic heterocycles. The minimum atomic E-state index is -0.601. The lowest BCUT2D eigenvalue weighted by Crippen LogP contribution is -2.33. The van der Waals surface area contributed by atoms with Gasteiger partial charge in [0.15, 0.2) is 0 Å². The van der Waals surface area contributed by atoms with Crippen LogP contribution in [-0.4, -0.2) is 48.3 Å². The molecule has 0 bridgehead atoms. The first kappa shape index (κ1) is 12.5. The number of nitrogens with zero attached hydrogens (tertiary/aromatic N) is 1. The molecule has 1 aliphatic heterocycles. The minimum absolute atomic E-state index is 0.134. The number of carbonyl (C=O) groups excluding carboxylic acids is 1. The smallest absolute Gasteiger partial charge is 0.224 e. The summed E-state index contributed by atoms with van der Waals surface area (Å²) in [5, 5.41) is 9.87. The van der Waals surface area contributed by atoms with Gasteiger partial charge >= 0.3 is 0 Å². The molecule has 1 amide bonds. The van der Waals surface area contributed by atoms with Gasteiger partial charge in [-0.2, -0.15) is 0 Å². The first-order valence-corrected chi connectivity index (χ1v) is 5.54. The van der Waals surface area contributed by atoms with Crippen LogP contribution >= 0.6 is 0 Å². The van der Waals surface area contributed by atoms with Gasteiger partial charge in [0.1, 0.15) is 0 Å². The van der Waals surface area contributed by atoms with Crippen LogP contribution in [0.4, 0.5) is 0 Å². The van der Waals surface area contributed by atoms with E-state index in [4.69, 9.17) is 4.74 Å². The van der Waals surface area contributed by atoms with Crippen molar-refractivity contribution in [3.63, 3.8) is 0 Å². The van der Waals surface area contributed by atoms with Crippen LogP contribution in [0, 0.1) is 0 Å². The van der Waals surface area contributed by atoms with Crippen molar-refractivity contribution in [2.75, 3.05) is 26.8 Å². The summed E-state index contributed by atoms with van der Waals surface area (Å²) in [4.78, 5) is 13.5. The summed E-state index contributed by atoms with van der Waals surface area (Å²) in [6.45, 7) is 3.75. The summed E-state index contributed by atoms with van der Waals surface area (Å²) in [6.07, 6.45) is 2.77. The molecule has 1 heterocycles. The third kappa shape index (κ3) is 4.18. The van der Waals surface area contributed by atoms with Crippen LogP contribution in [0.15, 0.2) is 0 Å². The molecule has 1 saturated heterocycles. The van der Waals surface area contributed by atoms with E-state index in [2.05, 4.69) is 0 Å². The molecule has 1 fully saturated rings. The van der Waals surface area contributed by atoms with Crippen molar-refractivity contribution in [3.05, 3.63) is 0 Å². The highest BCUT2D eigenvalue weighted by Gasteiger charge is 2.26. The lowest BCUT2D eigenvalue weighted by atomic mass is 9.98. The Hall–Kier alpha value is -0.610. The van der Waals surface area contributed by atoms with E-state index in [1.54, 1.807) is 7.11 Å². The van der Waals surface area contributed by atoms with Gasteiger partial charge in [-0.15, -0.1) is 0 Å². The highest BCUT2D eigenvalue weighted by molar-refractivity contribution is 5.76. The third-order valence-corrected chi connectivity index (χ3v) is 2.94. The molecule has 1 unspecified atom stereocenters. The Morgan fingerprint density at radius 2 is 2.20 bits per heavy atom. The zero-order chi connectivity index (χ0) is 11.3. The molecule has 4 heteroatoms. The summed E-state index contributed by atoms with van der Waals surface area (Å²) in [5.41, 5.74) is -0.601.